The van der Waals surface area contributed by atoms with Crippen LogP contribution >= 0.6 is 11.6 Å². The number of benzene rings is 1. The third-order valence-electron chi connectivity index (χ3n) is 3.97. The molecule has 108 valence electrons. The molecule has 0 aliphatic heterocycles. The molecule has 0 fully saturated rings. The van der Waals surface area contributed by atoms with Gasteiger partial charge in [0.15, 0.2) is 5.82 Å². The smallest absolute Gasteiger partial charge is 0.153 e. The number of aromatic nitrogens is 2. The molecule has 0 amide bonds. The minimum atomic E-state index is 0.242. The molecule has 0 spiro atoms. The van der Waals surface area contributed by atoms with Gasteiger partial charge in [0.2, 0.25) is 0 Å². The third kappa shape index (κ3) is 3.15. The lowest BCUT2D eigenvalue weighted by Crippen LogP contribution is -2.19. The van der Waals surface area contributed by atoms with Gasteiger partial charge in [0.05, 0.1) is 0 Å². The number of hydrogen-bond donors (Lipinski definition) is 2. The van der Waals surface area contributed by atoms with Gasteiger partial charge in [-0.2, -0.15) is 5.10 Å². The Balaban J connectivity index is 2.38. The van der Waals surface area contributed by atoms with Gasteiger partial charge in [0, 0.05) is 16.3 Å². The van der Waals surface area contributed by atoms with Crippen molar-refractivity contribution in [1.29, 1.82) is 0 Å². The van der Waals surface area contributed by atoms with Crippen LogP contribution in [-0.4, -0.2) is 10.2 Å². The van der Waals surface area contributed by atoms with Crippen LogP contribution in [0.5, 0.6) is 0 Å². The molecule has 0 saturated carbocycles. The second-order valence-electron chi connectivity index (χ2n) is 6.44. The maximum absolute atomic E-state index is 6.07. The van der Waals surface area contributed by atoms with Crippen molar-refractivity contribution < 1.29 is 0 Å². The summed E-state index contributed by atoms with van der Waals surface area (Å²) < 4.78 is 0. The molecule has 0 saturated heterocycles. The van der Waals surface area contributed by atoms with Crippen molar-refractivity contribution in [3.8, 4) is 11.1 Å². The van der Waals surface area contributed by atoms with Crippen molar-refractivity contribution in [1.82, 2.24) is 10.2 Å². The van der Waals surface area contributed by atoms with Gasteiger partial charge < -0.3 is 5.73 Å². The Hall–Kier alpha value is -1.48. The summed E-state index contributed by atoms with van der Waals surface area (Å²) in [6.45, 7) is 8.99. The van der Waals surface area contributed by atoms with E-state index in [4.69, 9.17) is 17.3 Å². The molecule has 0 aliphatic carbocycles. The van der Waals surface area contributed by atoms with Gasteiger partial charge in [0.1, 0.15) is 0 Å². The van der Waals surface area contributed by atoms with E-state index >= 15 is 0 Å². The largest absolute Gasteiger partial charge is 0.382 e. The van der Waals surface area contributed by atoms with Crippen molar-refractivity contribution in [3.63, 3.8) is 0 Å². The first-order valence-corrected chi connectivity index (χ1v) is 7.25. The Morgan fingerprint density at radius 3 is 2.65 bits per heavy atom. The average Bonchev–Trinajstić information content (AvgIpc) is 2.69. The normalized spacial score (nSPS) is 13.4. The van der Waals surface area contributed by atoms with E-state index in [0.717, 1.165) is 23.2 Å². The molecule has 3 nitrogen and oxygen atoms in total. The minimum Gasteiger partial charge on any atom is -0.382 e. The van der Waals surface area contributed by atoms with Crippen molar-refractivity contribution in [3.05, 3.63) is 35.0 Å². The summed E-state index contributed by atoms with van der Waals surface area (Å²) in [7, 11) is 0. The summed E-state index contributed by atoms with van der Waals surface area (Å²) in [6.07, 6.45) is 0.912. The van der Waals surface area contributed by atoms with Crippen molar-refractivity contribution in [2.75, 3.05) is 5.73 Å². The summed E-state index contributed by atoms with van der Waals surface area (Å²) in [4.78, 5) is 0. The summed E-state index contributed by atoms with van der Waals surface area (Å²) >= 11 is 6.07. The van der Waals surface area contributed by atoms with E-state index in [9.17, 15) is 0 Å². The van der Waals surface area contributed by atoms with Gasteiger partial charge in [-0.25, -0.2) is 0 Å². The van der Waals surface area contributed by atoms with Gasteiger partial charge in [-0.05, 0) is 35.4 Å². The lowest BCUT2D eigenvalue weighted by atomic mass is 9.79. The highest BCUT2D eigenvalue weighted by molar-refractivity contribution is 6.30. The quantitative estimate of drug-likeness (QED) is 0.872. The van der Waals surface area contributed by atoms with Crippen LogP contribution in [0.2, 0.25) is 5.02 Å². The molecule has 20 heavy (non-hydrogen) atoms. The van der Waals surface area contributed by atoms with Gasteiger partial charge >= 0.3 is 0 Å². The number of anilines is 1. The highest BCUT2D eigenvalue weighted by atomic mass is 35.5. The second kappa shape index (κ2) is 5.49. The molecular weight excluding hydrogens is 270 g/mol. The molecule has 1 heterocycles. The molecule has 1 aromatic carbocycles. The summed E-state index contributed by atoms with van der Waals surface area (Å²) in [5, 5.41) is 7.95. The molecule has 2 aromatic rings. The molecule has 0 aliphatic rings. The standard InChI is InChI=1S/C16H22ClN3/c1-10(16(2,3)4)8-13-14(15(18)20-19-13)11-6-5-7-12(17)9-11/h5-7,9-10H,8H2,1-4H3,(H3,18,19,20). The third-order valence-corrected chi connectivity index (χ3v) is 4.21. The van der Waals surface area contributed by atoms with Crippen LogP contribution in [0.4, 0.5) is 5.82 Å². The fraction of sp³-hybridized carbons (Fsp3) is 0.438. The molecule has 4 heteroatoms. The van der Waals surface area contributed by atoms with Crippen LogP contribution in [-0.2, 0) is 6.42 Å². The Morgan fingerprint density at radius 1 is 1.35 bits per heavy atom. The Bertz CT molecular complexity index is 596. The number of halogens is 1. The van der Waals surface area contributed by atoms with Crippen LogP contribution in [0, 0.1) is 11.3 Å². The van der Waals surface area contributed by atoms with Crippen LogP contribution < -0.4 is 5.73 Å². The predicted molar refractivity (Wildman–Crippen MR) is 85.8 cm³/mol. The number of H-pyrrole nitrogens is 1. The van der Waals surface area contributed by atoms with E-state index in [1.54, 1.807) is 0 Å². The van der Waals surface area contributed by atoms with Gasteiger partial charge in [0.25, 0.3) is 0 Å². The topological polar surface area (TPSA) is 54.7 Å². The van der Waals surface area contributed by atoms with Gasteiger partial charge in [-0.3, -0.25) is 5.10 Å². The molecule has 2 rings (SSSR count). The zero-order valence-electron chi connectivity index (χ0n) is 12.5. The lowest BCUT2D eigenvalue weighted by molar-refractivity contribution is 0.258. The van der Waals surface area contributed by atoms with E-state index in [2.05, 4.69) is 37.9 Å². The fourth-order valence-electron chi connectivity index (χ4n) is 2.12. The number of hydrogen-bond acceptors (Lipinski definition) is 2. The number of nitrogens with two attached hydrogens (primary N) is 1. The van der Waals surface area contributed by atoms with Crippen molar-refractivity contribution in [2.24, 2.45) is 11.3 Å². The Labute approximate surface area is 125 Å². The molecule has 1 atom stereocenters. The van der Waals surface area contributed by atoms with E-state index < -0.39 is 0 Å². The maximum atomic E-state index is 6.07. The maximum Gasteiger partial charge on any atom is 0.153 e. The number of nitrogen functional groups attached to an aromatic ring is 1. The molecule has 3 N–H and O–H groups in total. The van der Waals surface area contributed by atoms with Gasteiger partial charge in [-0.1, -0.05) is 51.4 Å². The van der Waals surface area contributed by atoms with E-state index in [0.29, 0.717) is 16.8 Å². The van der Waals surface area contributed by atoms with Gasteiger partial charge in [-0.15, -0.1) is 0 Å². The SMILES string of the molecule is CC(Cc1[nH]nc(N)c1-c1cccc(Cl)c1)C(C)(C)C. The highest BCUT2D eigenvalue weighted by Crippen LogP contribution is 2.34. The number of nitrogens with zero attached hydrogens (tertiary/aromatic N) is 1. The van der Waals surface area contributed by atoms with E-state index in [-0.39, 0.29) is 5.41 Å². The monoisotopic (exact) mass is 291 g/mol. The molecule has 1 unspecified atom stereocenters. The molecule has 1 aromatic heterocycles. The first kappa shape index (κ1) is 14.9. The van der Waals surface area contributed by atoms with Crippen molar-refractivity contribution >= 4 is 17.4 Å². The minimum absolute atomic E-state index is 0.242. The zero-order valence-corrected chi connectivity index (χ0v) is 13.3. The van der Waals surface area contributed by atoms with E-state index in [1.807, 2.05) is 24.3 Å². The molecule has 0 bridgehead atoms. The highest BCUT2D eigenvalue weighted by Gasteiger charge is 2.23. The summed E-state index contributed by atoms with van der Waals surface area (Å²) in [5.74, 6) is 1.05. The Morgan fingerprint density at radius 2 is 2.05 bits per heavy atom. The van der Waals surface area contributed by atoms with Crippen LogP contribution in [0.25, 0.3) is 11.1 Å². The fourth-order valence-corrected chi connectivity index (χ4v) is 2.31. The zero-order chi connectivity index (χ0) is 14.9. The van der Waals surface area contributed by atoms with Crippen LogP contribution in [0.15, 0.2) is 24.3 Å². The van der Waals surface area contributed by atoms with Crippen LogP contribution in [0.3, 0.4) is 0 Å². The number of rotatable bonds is 3. The predicted octanol–water partition coefficient (Wildman–Crippen LogP) is 4.54. The summed E-state index contributed by atoms with van der Waals surface area (Å²) in [5.41, 5.74) is 9.33. The van der Waals surface area contributed by atoms with Crippen LogP contribution in [0.1, 0.15) is 33.4 Å². The molecular formula is C16H22ClN3. The number of nitrogens with one attached hydrogen (secondary N) is 1. The first-order valence-electron chi connectivity index (χ1n) is 6.87. The lowest BCUT2D eigenvalue weighted by Gasteiger charge is -2.27. The number of aromatic amines is 1. The van der Waals surface area contributed by atoms with E-state index in [1.165, 1.54) is 0 Å². The van der Waals surface area contributed by atoms with Crippen molar-refractivity contribution in [2.45, 2.75) is 34.1 Å². The second-order valence-corrected chi connectivity index (χ2v) is 6.88. The summed E-state index contributed by atoms with van der Waals surface area (Å²) in [6, 6.07) is 7.73. The average molecular weight is 292 g/mol. The molecule has 0 radical (unpaired) electrons. The first-order chi connectivity index (χ1) is 9.29. The Kier molecular flexibility index (Phi) is 4.09.